The first kappa shape index (κ1) is 14.0. The van der Waals surface area contributed by atoms with Crippen molar-refractivity contribution in [3.63, 3.8) is 0 Å². The number of hydrogen-bond acceptors (Lipinski definition) is 2. The van der Waals surface area contributed by atoms with Crippen LogP contribution in [0.4, 0.5) is 0 Å². The third-order valence-electron chi connectivity index (χ3n) is 2.25. The van der Waals surface area contributed by atoms with Gasteiger partial charge in [0.25, 0.3) is 5.91 Å². The van der Waals surface area contributed by atoms with Crippen LogP contribution in [0.15, 0.2) is 24.3 Å². The zero-order valence-corrected chi connectivity index (χ0v) is 10.8. The summed E-state index contributed by atoms with van der Waals surface area (Å²) in [6.45, 7) is 3.78. The van der Waals surface area contributed by atoms with Gasteiger partial charge in [-0.25, -0.2) is 0 Å². The van der Waals surface area contributed by atoms with E-state index < -0.39 is 0 Å². The van der Waals surface area contributed by atoms with Crippen molar-refractivity contribution in [1.82, 2.24) is 5.32 Å². The molecule has 1 aromatic rings. The first-order valence-electron chi connectivity index (χ1n) is 5.72. The van der Waals surface area contributed by atoms with E-state index in [-0.39, 0.29) is 5.91 Å². The highest BCUT2D eigenvalue weighted by atomic mass is 35.5. The minimum atomic E-state index is -0.0361. The fourth-order valence-electron chi connectivity index (χ4n) is 1.42. The molecule has 0 aliphatic carbocycles. The Balaban J connectivity index is 2.21. The first-order chi connectivity index (χ1) is 8.24. The van der Waals surface area contributed by atoms with Gasteiger partial charge in [0.1, 0.15) is 0 Å². The van der Waals surface area contributed by atoms with Gasteiger partial charge in [0.05, 0.1) is 6.61 Å². The molecule has 0 spiro atoms. The molecule has 1 aromatic carbocycles. The molecule has 1 rings (SSSR count). The number of alkyl halides is 1. The normalized spacial score (nSPS) is 10.2. The van der Waals surface area contributed by atoms with Gasteiger partial charge in [-0.3, -0.25) is 4.79 Å². The van der Waals surface area contributed by atoms with E-state index in [4.69, 9.17) is 16.3 Å². The summed E-state index contributed by atoms with van der Waals surface area (Å²) >= 11 is 5.46. The molecule has 4 heteroatoms. The van der Waals surface area contributed by atoms with Gasteiger partial charge in [0, 0.05) is 24.6 Å². The van der Waals surface area contributed by atoms with Crippen LogP contribution in [0.2, 0.25) is 0 Å². The van der Waals surface area contributed by atoms with E-state index in [9.17, 15) is 4.79 Å². The zero-order chi connectivity index (χ0) is 12.5. The van der Waals surface area contributed by atoms with Crippen molar-refractivity contribution >= 4 is 17.5 Å². The molecular weight excluding hydrogens is 238 g/mol. The lowest BCUT2D eigenvalue weighted by Gasteiger charge is -2.06. The number of benzene rings is 1. The van der Waals surface area contributed by atoms with Crippen LogP contribution in [0.1, 0.15) is 22.3 Å². The summed E-state index contributed by atoms with van der Waals surface area (Å²) in [6.07, 6.45) is 0.800. The maximum Gasteiger partial charge on any atom is 0.251 e. The molecule has 0 aliphatic rings. The number of amides is 1. The van der Waals surface area contributed by atoms with Crippen LogP contribution in [0.3, 0.4) is 0 Å². The largest absolute Gasteiger partial charge is 0.380 e. The van der Waals surface area contributed by atoms with E-state index in [1.54, 1.807) is 0 Å². The van der Waals surface area contributed by atoms with Gasteiger partial charge in [-0.05, 0) is 25.5 Å². The van der Waals surface area contributed by atoms with Crippen LogP contribution >= 0.6 is 11.6 Å². The molecule has 1 amide bonds. The summed E-state index contributed by atoms with van der Waals surface area (Å²) in [5, 5.41) is 2.85. The van der Waals surface area contributed by atoms with E-state index >= 15 is 0 Å². The van der Waals surface area contributed by atoms with Crippen LogP contribution in [0, 0.1) is 6.92 Å². The highest BCUT2D eigenvalue weighted by Crippen LogP contribution is 2.03. The number of carbonyl (C=O) groups excluding carboxylic acids is 1. The maximum atomic E-state index is 11.7. The van der Waals surface area contributed by atoms with Crippen molar-refractivity contribution in [2.24, 2.45) is 0 Å². The Morgan fingerprint density at radius 3 is 2.94 bits per heavy atom. The number of carbonyl (C=O) groups is 1. The highest BCUT2D eigenvalue weighted by molar-refractivity contribution is 6.17. The number of nitrogens with one attached hydrogen (secondary N) is 1. The van der Waals surface area contributed by atoms with Crippen LogP contribution < -0.4 is 5.32 Å². The molecule has 0 saturated carbocycles. The van der Waals surface area contributed by atoms with Gasteiger partial charge in [-0.2, -0.15) is 0 Å². The lowest BCUT2D eigenvalue weighted by molar-refractivity contribution is 0.0944. The second-order valence-electron chi connectivity index (χ2n) is 3.78. The van der Waals surface area contributed by atoms with E-state index in [1.165, 1.54) is 0 Å². The van der Waals surface area contributed by atoms with Crippen molar-refractivity contribution in [1.29, 1.82) is 0 Å². The molecule has 1 N–H and O–H groups in total. The molecule has 0 fully saturated rings. The third-order valence-corrected chi connectivity index (χ3v) is 2.41. The van der Waals surface area contributed by atoms with E-state index in [2.05, 4.69) is 5.32 Å². The monoisotopic (exact) mass is 255 g/mol. The topological polar surface area (TPSA) is 38.3 Å². The molecule has 0 aliphatic heterocycles. The quantitative estimate of drug-likeness (QED) is 0.600. The summed E-state index contributed by atoms with van der Waals surface area (Å²) in [5.41, 5.74) is 1.79. The molecule has 0 bridgehead atoms. The Hall–Kier alpha value is -1.06. The maximum absolute atomic E-state index is 11.7. The summed E-state index contributed by atoms with van der Waals surface area (Å²) in [6, 6.07) is 7.54. The van der Waals surface area contributed by atoms with Crippen molar-refractivity contribution < 1.29 is 9.53 Å². The van der Waals surface area contributed by atoms with Gasteiger partial charge in [-0.1, -0.05) is 17.7 Å². The fraction of sp³-hybridized carbons (Fsp3) is 0.462. The Kier molecular flexibility index (Phi) is 6.67. The van der Waals surface area contributed by atoms with Gasteiger partial charge in [0.15, 0.2) is 0 Å². The van der Waals surface area contributed by atoms with Crippen molar-refractivity contribution in [3.8, 4) is 0 Å². The number of aryl methyl sites for hydroxylation is 1. The van der Waals surface area contributed by atoms with Gasteiger partial charge in [0.2, 0.25) is 0 Å². The predicted octanol–water partition coefficient (Wildman–Crippen LogP) is 2.37. The predicted molar refractivity (Wildman–Crippen MR) is 69.7 cm³/mol. The van der Waals surface area contributed by atoms with E-state index in [0.29, 0.717) is 31.2 Å². The Morgan fingerprint density at radius 1 is 1.41 bits per heavy atom. The third kappa shape index (κ3) is 5.71. The van der Waals surface area contributed by atoms with Crippen molar-refractivity contribution in [2.45, 2.75) is 13.3 Å². The molecule has 0 atom stereocenters. The van der Waals surface area contributed by atoms with E-state index in [1.807, 2.05) is 31.2 Å². The number of ether oxygens (including phenoxy) is 1. The van der Waals surface area contributed by atoms with Crippen molar-refractivity contribution in [2.75, 3.05) is 25.6 Å². The molecule has 0 heterocycles. The number of halogens is 1. The summed E-state index contributed by atoms with van der Waals surface area (Å²) in [4.78, 5) is 11.7. The fourth-order valence-corrected chi connectivity index (χ4v) is 1.53. The lowest BCUT2D eigenvalue weighted by atomic mass is 10.1. The molecule has 0 aromatic heterocycles. The molecule has 17 heavy (non-hydrogen) atoms. The number of hydrogen-bond donors (Lipinski definition) is 1. The molecule has 0 saturated heterocycles. The summed E-state index contributed by atoms with van der Waals surface area (Å²) in [5.74, 6) is 0.474. The van der Waals surface area contributed by atoms with Crippen LogP contribution in [0.5, 0.6) is 0 Å². The second kappa shape index (κ2) is 8.09. The Labute approximate surface area is 107 Å². The standard InChI is InChI=1S/C13H18ClNO2/c1-11-4-2-5-12(10-11)13(16)15-7-3-8-17-9-6-14/h2,4-5,10H,3,6-9H2,1H3,(H,15,16). The SMILES string of the molecule is Cc1cccc(C(=O)NCCCOCCCl)c1. The molecule has 0 unspecified atom stereocenters. The molecular formula is C13H18ClNO2. The number of rotatable bonds is 7. The smallest absolute Gasteiger partial charge is 0.251 e. The van der Waals surface area contributed by atoms with Gasteiger partial charge < -0.3 is 10.1 Å². The van der Waals surface area contributed by atoms with Crippen LogP contribution in [-0.2, 0) is 4.74 Å². The van der Waals surface area contributed by atoms with Gasteiger partial charge in [-0.15, -0.1) is 11.6 Å². The van der Waals surface area contributed by atoms with Crippen molar-refractivity contribution in [3.05, 3.63) is 35.4 Å². The Morgan fingerprint density at radius 2 is 2.24 bits per heavy atom. The minimum absolute atomic E-state index is 0.0361. The lowest BCUT2D eigenvalue weighted by Crippen LogP contribution is -2.25. The molecule has 3 nitrogen and oxygen atoms in total. The van der Waals surface area contributed by atoms with Crippen LogP contribution in [0.25, 0.3) is 0 Å². The summed E-state index contributed by atoms with van der Waals surface area (Å²) < 4.78 is 5.21. The molecule has 0 radical (unpaired) electrons. The second-order valence-corrected chi connectivity index (χ2v) is 4.16. The summed E-state index contributed by atoms with van der Waals surface area (Å²) in [7, 11) is 0. The van der Waals surface area contributed by atoms with Crippen LogP contribution in [-0.4, -0.2) is 31.5 Å². The van der Waals surface area contributed by atoms with Gasteiger partial charge >= 0.3 is 0 Å². The zero-order valence-electron chi connectivity index (χ0n) is 10.0. The average molecular weight is 256 g/mol. The molecule has 94 valence electrons. The first-order valence-corrected chi connectivity index (χ1v) is 6.26. The minimum Gasteiger partial charge on any atom is -0.380 e. The average Bonchev–Trinajstić information content (AvgIpc) is 2.33. The highest BCUT2D eigenvalue weighted by Gasteiger charge is 2.03. The Bertz CT molecular complexity index is 355. The van der Waals surface area contributed by atoms with E-state index in [0.717, 1.165) is 12.0 Å².